The van der Waals surface area contributed by atoms with Crippen molar-refractivity contribution >= 4 is 22.7 Å². The Hall–Kier alpha value is -3.99. The number of benzene rings is 3. The van der Waals surface area contributed by atoms with Crippen LogP contribution in [0.15, 0.2) is 89.9 Å². The van der Waals surface area contributed by atoms with Gasteiger partial charge in [0.2, 0.25) is 5.43 Å². The summed E-state index contributed by atoms with van der Waals surface area (Å²) in [6, 6.07) is 24.6. The average Bonchev–Trinajstić information content (AvgIpc) is 2.77. The normalized spacial score (nSPS) is 10.8. The maximum Gasteiger partial charge on any atom is 0.341 e. The summed E-state index contributed by atoms with van der Waals surface area (Å²) in [5.74, 6) is -1.37. The third kappa shape index (κ3) is 4.61. The Morgan fingerprint density at radius 1 is 0.806 bits per heavy atom. The number of hydrogen-bond donors (Lipinski definition) is 1. The number of carboxylic acids is 1. The highest BCUT2D eigenvalue weighted by molar-refractivity contribution is 5.93. The third-order valence-corrected chi connectivity index (χ3v) is 5.22. The van der Waals surface area contributed by atoms with E-state index in [-0.39, 0.29) is 24.3 Å². The molecule has 0 bridgehead atoms. The monoisotopic (exact) mass is 411 g/mol. The van der Waals surface area contributed by atoms with Gasteiger partial charge in [-0.05, 0) is 35.2 Å². The summed E-state index contributed by atoms with van der Waals surface area (Å²) in [5, 5.41) is 9.83. The highest BCUT2D eigenvalue weighted by atomic mass is 16.4. The Bertz CT molecular complexity index is 1310. The molecular formula is C26H21NO4. The minimum Gasteiger partial charge on any atom is -0.477 e. The van der Waals surface area contributed by atoms with Crippen LogP contribution >= 0.6 is 0 Å². The van der Waals surface area contributed by atoms with Crippen LogP contribution in [0.25, 0.3) is 10.9 Å². The topological polar surface area (TPSA) is 76.4 Å². The van der Waals surface area contributed by atoms with Gasteiger partial charge in [-0.1, -0.05) is 66.7 Å². The number of nitrogens with zero attached hydrogens (tertiary/aromatic N) is 1. The molecule has 154 valence electrons. The number of aromatic carboxylic acids is 1. The van der Waals surface area contributed by atoms with E-state index in [1.54, 1.807) is 16.7 Å². The summed E-state index contributed by atoms with van der Waals surface area (Å²) < 4.78 is 1.57. The van der Waals surface area contributed by atoms with Crippen LogP contribution in [0.5, 0.6) is 0 Å². The number of ketones is 1. The Kier molecular flexibility index (Phi) is 5.76. The van der Waals surface area contributed by atoms with Crippen molar-refractivity contribution in [1.82, 2.24) is 4.57 Å². The van der Waals surface area contributed by atoms with Crippen LogP contribution in [0.4, 0.5) is 0 Å². The second-order valence-electron chi connectivity index (χ2n) is 7.52. The van der Waals surface area contributed by atoms with Crippen LogP contribution in [0.1, 0.15) is 27.0 Å². The molecule has 1 aromatic heterocycles. The van der Waals surface area contributed by atoms with Gasteiger partial charge in [0.25, 0.3) is 0 Å². The lowest BCUT2D eigenvalue weighted by atomic mass is 10.0. The van der Waals surface area contributed by atoms with Crippen LogP contribution in [0, 0.1) is 0 Å². The molecule has 0 saturated carbocycles. The predicted molar refractivity (Wildman–Crippen MR) is 120 cm³/mol. The number of carboxylic acid groups (broad SMARTS) is 1. The van der Waals surface area contributed by atoms with Crippen LogP contribution < -0.4 is 5.43 Å². The lowest BCUT2D eigenvalue weighted by Gasteiger charge is -2.13. The first-order valence-electron chi connectivity index (χ1n) is 10.00. The Morgan fingerprint density at radius 3 is 2.10 bits per heavy atom. The summed E-state index contributed by atoms with van der Waals surface area (Å²) in [6.07, 6.45) is 2.14. The number of aromatic nitrogens is 1. The Morgan fingerprint density at radius 2 is 1.45 bits per heavy atom. The van der Waals surface area contributed by atoms with E-state index in [2.05, 4.69) is 0 Å². The molecule has 0 unspecified atom stereocenters. The number of carbonyl (C=O) groups excluding carboxylic acids is 1. The number of hydrogen-bond acceptors (Lipinski definition) is 3. The highest BCUT2D eigenvalue weighted by Crippen LogP contribution is 2.18. The predicted octanol–water partition coefficient (Wildman–Crippen LogP) is 4.10. The van der Waals surface area contributed by atoms with E-state index in [0.29, 0.717) is 17.3 Å². The van der Waals surface area contributed by atoms with E-state index in [1.807, 2.05) is 66.7 Å². The largest absolute Gasteiger partial charge is 0.477 e. The van der Waals surface area contributed by atoms with E-state index in [0.717, 1.165) is 16.7 Å². The molecule has 3 aromatic carbocycles. The maximum atomic E-state index is 12.8. The summed E-state index contributed by atoms with van der Waals surface area (Å²) in [7, 11) is 0. The molecule has 4 aromatic rings. The molecule has 0 fully saturated rings. The first kappa shape index (κ1) is 20.3. The molecule has 0 aliphatic rings. The molecule has 5 heteroatoms. The fraction of sp³-hybridized carbons (Fsp3) is 0.115. The van der Waals surface area contributed by atoms with Crippen LogP contribution in [-0.4, -0.2) is 21.4 Å². The van der Waals surface area contributed by atoms with Crippen LogP contribution in [0.2, 0.25) is 0 Å². The van der Waals surface area contributed by atoms with E-state index in [9.17, 15) is 19.5 Å². The molecule has 5 nitrogen and oxygen atoms in total. The highest BCUT2D eigenvalue weighted by Gasteiger charge is 2.16. The maximum absolute atomic E-state index is 12.8. The lowest BCUT2D eigenvalue weighted by molar-refractivity contribution is -0.118. The molecule has 1 heterocycles. The van der Waals surface area contributed by atoms with Crippen molar-refractivity contribution in [2.75, 3.05) is 0 Å². The van der Waals surface area contributed by atoms with E-state index in [1.165, 1.54) is 6.20 Å². The van der Waals surface area contributed by atoms with Gasteiger partial charge < -0.3 is 9.67 Å². The van der Waals surface area contributed by atoms with Crippen molar-refractivity contribution in [1.29, 1.82) is 0 Å². The van der Waals surface area contributed by atoms with Gasteiger partial charge in [0, 0.05) is 18.0 Å². The van der Waals surface area contributed by atoms with Gasteiger partial charge in [0.1, 0.15) is 5.56 Å². The zero-order valence-corrected chi connectivity index (χ0v) is 16.8. The van der Waals surface area contributed by atoms with Crippen LogP contribution in [0.3, 0.4) is 0 Å². The fourth-order valence-corrected chi connectivity index (χ4v) is 3.74. The van der Waals surface area contributed by atoms with Gasteiger partial charge in [-0.2, -0.15) is 0 Å². The number of rotatable bonds is 7. The zero-order chi connectivity index (χ0) is 21.8. The molecule has 0 aliphatic carbocycles. The van der Waals surface area contributed by atoms with Gasteiger partial charge in [-0.15, -0.1) is 0 Å². The quantitative estimate of drug-likeness (QED) is 0.497. The van der Waals surface area contributed by atoms with Gasteiger partial charge in [0.15, 0.2) is 5.78 Å². The molecule has 1 N–H and O–H groups in total. The minimum atomic E-state index is -1.30. The molecule has 0 radical (unpaired) electrons. The van der Waals surface area contributed by atoms with Gasteiger partial charge in [-0.25, -0.2) is 4.79 Å². The second kappa shape index (κ2) is 8.79. The first-order valence-corrected chi connectivity index (χ1v) is 10.00. The molecular weight excluding hydrogens is 390 g/mol. The van der Waals surface area contributed by atoms with Crippen molar-refractivity contribution < 1.29 is 14.7 Å². The van der Waals surface area contributed by atoms with Crippen LogP contribution in [-0.2, 0) is 24.2 Å². The number of Topliss-reactive ketones (excluding diaryl/α,β-unsaturated/α-hetero) is 1. The van der Waals surface area contributed by atoms with Gasteiger partial charge in [0.05, 0.1) is 12.1 Å². The SMILES string of the molecule is O=C(Cc1ccccc1)Cn1cc(C(=O)O)c(=O)c2cc(Cc3ccccc3)ccc21. The Balaban J connectivity index is 1.72. The third-order valence-electron chi connectivity index (χ3n) is 5.22. The van der Waals surface area contributed by atoms with Crippen molar-refractivity contribution in [3.63, 3.8) is 0 Å². The number of fused-ring (bicyclic) bond motifs is 1. The van der Waals surface area contributed by atoms with Crippen molar-refractivity contribution in [3.8, 4) is 0 Å². The average molecular weight is 411 g/mol. The summed E-state index contributed by atoms with van der Waals surface area (Å²) in [6.45, 7) is -0.00993. The molecule has 31 heavy (non-hydrogen) atoms. The van der Waals surface area contributed by atoms with E-state index < -0.39 is 11.4 Å². The summed E-state index contributed by atoms with van der Waals surface area (Å²) in [5.41, 5.74) is 2.56. The van der Waals surface area contributed by atoms with Crippen molar-refractivity contribution in [2.24, 2.45) is 0 Å². The summed E-state index contributed by atoms with van der Waals surface area (Å²) in [4.78, 5) is 37.2. The molecule has 0 aliphatic heterocycles. The van der Waals surface area contributed by atoms with Crippen molar-refractivity contribution in [3.05, 3.63) is 118 Å². The molecule has 0 spiro atoms. The number of pyridine rings is 1. The van der Waals surface area contributed by atoms with E-state index in [4.69, 9.17) is 0 Å². The zero-order valence-electron chi connectivity index (χ0n) is 16.8. The lowest BCUT2D eigenvalue weighted by Crippen LogP contribution is -2.21. The number of carbonyl (C=O) groups is 2. The standard InChI is InChI=1S/C26H21NO4/c28-21(14-19-9-5-2-6-10-19)16-27-17-23(26(30)31)25(29)22-15-20(11-12-24(22)27)13-18-7-3-1-4-8-18/h1-12,15,17H,13-14,16H2,(H,30,31). The van der Waals surface area contributed by atoms with Gasteiger partial charge in [-0.3, -0.25) is 9.59 Å². The second-order valence-corrected chi connectivity index (χ2v) is 7.52. The molecule has 0 atom stereocenters. The molecule has 0 saturated heterocycles. The van der Waals surface area contributed by atoms with E-state index >= 15 is 0 Å². The molecule has 0 amide bonds. The van der Waals surface area contributed by atoms with Gasteiger partial charge >= 0.3 is 5.97 Å². The Labute approximate surface area is 179 Å². The minimum absolute atomic E-state index is 0.00993. The summed E-state index contributed by atoms with van der Waals surface area (Å²) >= 11 is 0. The first-order chi connectivity index (χ1) is 15.0. The molecule has 4 rings (SSSR count). The van der Waals surface area contributed by atoms with Crippen molar-refractivity contribution in [2.45, 2.75) is 19.4 Å². The smallest absolute Gasteiger partial charge is 0.341 e. The fourth-order valence-electron chi connectivity index (χ4n) is 3.74.